The molecule has 3 aromatic rings. The van der Waals surface area contributed by atoms with E-state index >= 15 is 0 Å². The average molecular weight is 407 g/mol. The maximum atomic E-state index is 14.1. The van der Waals surface area contributed by atoms with E-state index in [2.05, 4.69) is 9.80 Å². The number of aromatic nitrogens is 1. The summed E-state index contributed by atoms with van der Waals surface area (Å²) in [6.45, 7) is 7.63. The van der Waals surface area contributed by atoms with Crippen molar-refractivity contribution < 1.29 is 13.9 Å². The zero-order valence-corrected chi connectivity index (χ0v) is 17.4. The van der Waals surface area contributed by atoms with Gasteiger partial charge in [-0.25, -0.2) is 9.18 Å². The second kappa shape index (κ2) is 8.79. The molecule has 0 spiro atoms. The highest BCUT2D eigenvalue weighted by Crippen LogP contribution is 2.26. The van der Waals surface area contributed by atoms with E-state index in [1.807, 2.05) is 50.2 Å². The molecule has 6 heteroatoms. The number of aryl methyl sites for hydroxylation is 1. The van der Waals surface area contributed by atoms with Gasteiger partial charge in [-0.15, -0.1) is 0 Å². The lowest BCUT2D eigenvalue weighted by Gasteiger charge is -2.36. The molecular formula is C24H26FN3O2. The van der Waals surface area contributed by atoms with Crippen LogP contribution in [0.15, 0.2) is 48.5 Å². The van der Waals surface area contributed by atoms with Crippen LogP contribution in [0.3, 0.4) is 0 Å². The van der Waals surface area contributed by atoms with Crippen LogP contribution in [0.5, 0.6) is 0 Å². The third kappa shape index (κ3) is 4.00. The molecule has 1 fully saturated rings. The van der Waals surface area contributed by atoms with Gasteiger partial charge in [-0.05, 0) is 37.6 Å². The van der Waals surface area contributed by atoms with Crippen LogP contribution >= 0.6 is 0 Å². The molecule has 1 aliphatic heterocycles. The third-order valence-corrected chi connectivity index (χ3v) is 5.65. The summed E-state index contributed by atoms with van der Waals surface area (Å²) in [7, 11) is 0. The smallest absolute Gasteiger partial charge is 0.340 e. The van der Waals surface area contributed by atoms with Crippen molar-refractivity contribution in [1.82, 2.24) is 9.88 Å². The van der Waals surface area contributed by atoms with Crippen molar-refractivity contribution in [2.75, 3.05) is 37.7 Å². The highest BCUT2D eigenvalue weighted by Gasteiger charge is 2.24. The van der Waals surface area contributed by atoms with Crippen molar-refractivity contribution in [3.05, 3.63) is 71.2 Å². The number of carbonyl (C=O) groups is 1. The molecule has 2 heterocycles. The summed E-state index contributed by atoms with van der Waals surface area (Å²) in [5, 5.41) is 0.966. The molecule has 0 saturated carbocycles. The van der Waals surface area contributed by atoms with Crippen LogP contribution in [0, 0.1) is 12.7 Å². The van der Waals surface area contributed by atoms with Crippen LogP contribution in [0.4, 0.5) is 10.1 Å². The number of hydrogen-bond acceptors (Lipinski definition) is 5. The molecular weight excluding hydrogens is 381 g/mol. The Hall–Kier alpha value is -2.99. The summed E-state index contributed by atoms with van der Waals surface area (Å²) < 4.78 is 19.4. The van der Waals surface area contributed by atoms with Gasteiger partial charge >= 0.3 is 5.97 Å². The van der Waals surface area contributed by atoms with Crippen LogP contribution < -0.4 is 4.90 Å². The summed E-state index contributed by atoms with van der Waals surface area (Å²) in [6, 6.07) is 14.7. The summed E-state index contributed by atoms with van der Waals surface area (Å²) in [4.78, 5) is 21.9. The van der Waals surface area contributed by atoms with Crippen molar-refractivity contribution in [3.8, 4) is 0 Å². The third-order valence-electron chi connectivity index (χ3n) is 5.65. The van der Waals surface area contributed by atoms with E-state index in [0.717, 1.165) is 48.3 Å². The highest BCUT2D eigenvalue weighted by atomic mass is 19.1. The number of piperazine rings is 1. The lowest BCUT2D eigenvalue weighted by Crippen LogP contribution is -2.46. The molecule has 0 bridgehead atoms. The van der Waals surface area contributed by atoms with Crippen LogP contribution in [-0.2, 0) is 11.3 Å². The number of esters is 1. The number of hydrogen-bond donors (Lipinski definition) is 0. The number of fused-ring (bicyclic) bond motifs is 1. The van der Waals surface area contributed by atoms with Gasteiger partial charge < -0.3 is 9.64 Å². The first-order chi connectivity index (χ1) is 14.6. The van der Waals surface area contributed by atoms with Gasteiger partial charge in [-0.3, -0.25) is 9.88 Å². The van der Waals surface area contributed by atoms with Crippen LogP contribution in [0.25, 0.3) is 10.9 Å². The maximum absolute atomic E-state index is 14.1. The fourth-order valence-electron chi connectivity index (χ4n) is 4.10. The number of nitrogens with zero attached hydrogens (tertiary/aromatic N) is 3. The molecule has 0 aliphatic carbocycles. The van der Waals surface area contributed by atoms with Crippen molar-refractivity contribution in [3.63, 3.8) is 0 Å². The van der Waals surface area contributed by atoms with Crippen molar-refractivity contribution in [1.29, 1.82) is 0 Å². The molecule has 0 radical (unpaired) electrons. The molecule has 0 unspecified atom stereocenters. The minimum atomic E-state index is -0.326. The SMILES string of the molecule is CCOC(=O)c1c(CN2CCN(c3ccccc3F)CC2)nc2ccccc2c1C. The van der Waals surface area contributed by atoms with E-state index in [4.69, 9.17) is 9.72 Å². The van der Waals surface area contributed by atoms with Crippen molar-refractivity contribution in [2.45, 2.75) is 20.4 Å². The van der Waals surface area contributed by atoms with Gasteiger partial charge in [0.25, 0.3) is 0 Å². The second-order valence-corrected chi connectivity index (χ2v) is 7.51. The van der Waals surface area contributed by atoms with Crippen LogP contribution in [0.2, 0.25) is 0 Å². The van der Waals surface area contributed by atoms with Gasteiger partial charge in [-0.2, -0.15) is 0 Å². The first-order valence-corrected chi connectivity index (χ1v) is 10.4. The molecule has 0 amide bonds. The first kappa shape index (κ1) is 20.3. The number of para-hydroxylation sites is 2. The van der Waals surface area contributed by atoms with Crippen molar-refractivity contribution >= 4 is 22.6 Å². The summed E-state index contributed by atoms with van der Waals surface area (Å²) in [5.74, 6) is -0.518. The van der Waals surface area contributed by atoms with E-state index in [1.165, 1.54) is 6.07 Å². The first-order valence-electron chi connectivity index (χ1n) is 10.4. The van der Waals surface area contributed by atoms with Crippen molar-refractivity contribution in [2.24, 2.45) is 0 Å². The summed E-state index contributed by atoms with van der Waals surface area (Å²) in [5.41, 5.74) is 3.72. The van der Waals surface area contributed by atoms with E-state index in [9.17, 15) is 9.18 Å². The number of benzene rings is 2. The average Bonchev–Trinajstić information content (AvgIpc) is 2.75. The Morgan fingerprint density at radius 2 is 1.77 bits per heavy atom. The number of halogens is 1. The Labute approximate surface area is 176 Å². The molecule has 4 rings (SSSR count). The number of anilines is 1. The molecule has 30 heavy (non-hydrogen) atoms. The summed E-state index contributed by atoms with van der Waals surface area (Å²) in [6.07, 6.45) is 0. The lowest BCUT2D eigenvalue weighted by molar-refractivity contribution is 0.0522. The predicted octanol–water partition coefficient (Wildman–Crippen LogP) is 4.18. The zero-order valence-electron chi connectivity index (χ0n) is 17.4. The number of rotatable bonds is 5. The Balaban J connectivity index is 1.57. The van der Waals surface area contributed by atoms with Crippen LogP contribution in [-0.4, -0.2) is 48.6 Å². The van der Waals surface area contributed by atoms with E-state index in [0.29, 0.717) is 24.4 Å². The monoisotopic (exact) mass is 407 g/mol. The van der Waals surface area contributed by atoms with Crippen LogP contribution in [0.1, 0.15) is 28.5 Å². The number of pyridine rings is 1. The second-order valence-electron chi connectivity index (χ2n) is 7.51. The topological polar surface area (TPSA) is 45.7 Å². The Morgan fingerprint density at radius 3 is 2.50 bits per heavy atom. The number of carbonyl (C=O) groups excluding carboxylic acids is 1. The normalized spacial score (nSPS) is 14.8. The molecule has 156 valence electrons. The maximum Gasteiger partial charge on any atom is 0.340 e. The predicted molar refractivity (Wildman–Crippen MR) is 116 cm³/mol. The van der Waals surface area contributed by atoms with Gasteiger partial charge in [0.2, 0.25) is 0 Å². The van der Waals surface area contributed by atoms with Gasteiger partial charge in [-0.1, -0.05) is 30.3 Å². The molecule has 1 aromatic heterocycles. The fourth-order valence-corrected chi connectivity index (χ4v) is 4.10. The minimum absolute atomic E-state index is 0.192. The van der Waals surface area contributed by atoms with E-state index in [-0.39, 0.29) is 11.8 Å². The quantitative estimate of drug-likeness (QED) is 0.594. The zero-order chi connectivity index (χ0) is 21.1. The highest BCUT2D eigenvalue weighted by molar-refractivity contribution is 5.98. The Bertz CT molecular complexity index is 1060. The molecule has 1 saturated heterocycles. The Morgan fingerprint density at radius 1 is 1.07 bits per heavy atom. The van der Waals surface area contributed by atoms with Gasteiger partial charge in [0, 0.05) is 38.1 Å². The standard InChI is InChI=1S/C24H26FN3O2/c1-3-30-24(29)23-17(2)18-8-4-6-10-20(18)26-21(23)16-27-12-14-28(15-13-27)22-11-7-5-9-19(22)25/h4-11H,3,12-16H2,1-2H3. The molecule has 0 atom stereocenters. The Kier molecular flexibility index (Phi) is 5.95. The molecule has 1 aliphatic rings. The van der Waals surface area contributed by atoms with E-state index < -0.39 is 0 Å². The lowest BCUT2D eigenvalue weighted by atomic mass is 10.0. The van der Waals surface area contributed by atoms with E-state index in [1.54, 1.807) is 6.07 Å². The molecule has 5 nitrogen and oxygen atoms in total. The molecule has 2 aromatic carbocycles. The van der Waals surface area contributed by atoms with Gasteiger partial charge in [0.05, 0.1) is 29.1 Å². The van der Waals surface area contributed by atoms with Gasteiger partial charge in [0.1, 0.15) is 5.82 Å². The largest absolute Gasteiger partial charge is 0.462 e. The molecule has 0 N–H and O–H groups in total. The van der Waals surface area contributed by atoms with Gasteiger partial charge in [0.15, 0.2) is 0 Å². The number of ether oxygens (including phenoxy) is 1. The minimum Gasteiger partial charge on any atom is -0.462 e. The summed E-state index contributed by atoms with van der Waals surface area (Å²) >= 11 is 0. The fraction of sp³-hybridized carbons (Fsp3) is 0.333.